The lowest BCUT2D eigenvalue weighted by atomic mass is 10.0. The third-order valence-corrected chi connectivity index (χ3v) is 8.76. The number of ketones is 1. The SMILES string of the molecule is CC(=O)c1nn(CC(=O)N2[C@H](C(=O)Nc3cc(-c4nn[nH]n4)cc(Br)n3)C[C@@]3(C)C[C@@H]23)c2ccc(-c3cnc(C)nc3)cc12. The Balaban J connectivity index is 1.15. The average Bonchev–Trinajstić information content (AvgIpc) is 3.39. The number of aromatic nitrogens is 9. The number of tetrazole rings is 1. The molecule has 2 fully saturated rings. The third kappa shape index (κ3) is 4.92. The van der Waals surface area contributed by atoms with Crippen LogP contribution in [0.5, 0.6) is 0 Å². The molecule has 222 valence electrons. The highest BCUT2D eigenvalue weighted by atomic mass is 79.9. The van der Waals surface area contributed by atoms with Gasteiger partial charge in [-0.1, -0.05) is 13.0 Å². The van der Waals surface area contributed by atoms with Crippen LogP contribution in [0.15, 0.2) is 47.3 Å². The minimum absolute atomic E-state index is 0.0571. The molecule has 1 aliphatic heterocycles. The number of rotatable bonds is 7. The number of H-pyrrole nitrogens is 1. The van der Waals surface area contributed by atoms with E-state index in [2.05, 4.69) is 68.8 Å². The molecule has 4 aromatic heterocycles. The highest BCUT2D eigenvalue weighted by Crippen LogP contribution is 2.59. The van der Waals surface area contributed by atoms with E-state index in [1.165, 1.54) is 6.92 Å². The molecule has 1 aromatic carbocycles. The van der Waals surface area contributed by atoms with E-state index in [0.717, 1.165) is 17.5 Å². The Kier molecular flexibility index (Phi) is 6.57. The van der Waals surface area contributed by atoms with Gasteiger partial charge in [0.25, 0.3) is 0 Å². The summed E-state index contributed by atoms with van der Waals surface area (Å²) in [5.41, 5.74) is 3.02. The van der Waals surface area contributed by atoms with Crippen LogP contribution in [0.4, 0.5) is 5.82 Å². The lowest BCUT2D eigenvalue weighted by molar-refractivity contribution is -0.138. The van der Waals surface area contributed by atoms with Crippen molar-refractivity contribution in [3.63, 3.8) is 0 Å². The highest BCUT2D eigenvalue weighted by molar-refractivity contribution is 9.10. The number of Topliss-reactive ketones (excluding diaryl/α,β-unsaturated/α-hetero) is 1. The van der Waals surface area contributed by atoms with Crippen LogP contribution >= 0.6 is 15.9 Å². The molecule has 0 bridgehead atoms. The number of anilines is 1. The van der Waals surface area contributed by atoms with Gasteiger partial charge in [-0.05, 0) is 76.2 Å². The predicted molar refractivity (Wildman–Crippen MR) is 161 cm³/mol. The highest BCUT2D eigenvalue weighted by Gasteiger charge is 2.64. The number of nitrogens with zero attached hydrogens (tertiary/aromatic N) is 9. The van der Waals surface area contributed by atoms with Gasteiger partial charge in [0.1, 0.15) is 34.5 Å². The number of hydrogen-bond acceptors (Lipinski definition) is 10. The topological polar surface area (TPSA) is 177 Å². The molecule has 0 unspecified atom stereocenters. The summed E-state index contributed by atoms with van der Waals surface area (Å²) < 4.78 is 2.03. The van der Waals surface area contributed by atoms with E-state index < -0.39 is 6.04 Å². The van der Waals surface area contributed by atoms with Gasteiger partial charge in [0, 0.05) is 41.9 Å². The van der Waals surface area contributed by atoms with Crippen LogP contribution in [-0.2, 0) is 16.1 Å². The van der Waals surface area contributed by atoms with E-state index in [1.54, 1.807) is 34.1 Å². The number of halogens is 1. The number of fused-ring (bicyclic) bond motifs is 2. The van der Waals surface area contributed by atoms with E-state index in [4.69, 9.17) is 0 Å². The van der Waals surface area contributed by atoms with Crippen LogP contribution in [0.1, 0.15) is 43.0 Å². The fourth-order valence-electron chi connectivity index (χ4n) is 6.03. The molecule has 1 saturated carbocycles. The Bertz CT molecular complexity index is 1960. The molecule has 2 N–H and O–H groups in total. The number of aryl methyl sites for hydroxylation is 1. The quantitative estimate of drug-likeness (QED) is 0.195. The summed E-state index contributed by atoms with van der Waals surface area (Å²) in [5.74, 6) is 0.505. The van der Waals surface area contributed by atoms with Crippen LogP contribution in [-0.4, -0.2) is 79.9 Å². The van der Waals surface area contributed by atoms with E-state index in [-0.39, 0.29) is 41.3 Å². The van der Waals surface area contributed by atoms with Gasteiger partial charge in [0.15, 0.2) is 5.78 Å². The predicted octanol–water partition coefficient (Wildman–Crippen LogP) is 3.36. The monoisotopic (exact) mass is 655 g/mol. The third-order valence-electron chi connectivity index (χ3n) is 8.36. The van der Waals surface area contributed by atoms with E-state index >= 15 is 0 Å². The molecule has 15 heteroatoms. The molecule has 14 nitrogen and oxygen atoms in total. The maximum absolute atomic E-state index is 13.9. The fraction of sp³-hybridized carbons (Fsp3) is 0.310. The zero-order valence-corrected chi connectivity index (χ0v) is 25.5. The van der Waals surface area contributed by atoms with E-state index in [1.807, 2.05) is 25.1 Å². The van der Waals surface area contributed by atoms with Gasteiger partial charge in [-0.3, -0.25) is 19.1 Å². The minimum Gasteiger partial charge on any atom is -0.325 e. The maximum atomic E-state index is 13.9. The second-order valence-corrected chi connectivity index (χ2v) is 12.3. The number of pyridine rings is 1. The first kappa shape index (κ1) is 27.9. The van der Waals surface area contributed by atoms with Crippen molar-refractivity contribution in [1.82, 2.24) is 50.3 Å². The summed E-state index contributed by atoms with van der Waals surface area (Å²) in [5, 5.41) is 22.0. The summed E-state index contributed by atoms with van der Waals surface area (Å²) >= 11 is 3.37. The molecule has 2 amide bonds. The molecule has 3 atom stereocenters. The zero-order chi connectivity index (χ0) is 30.7. The second kappa shape index (κ2) is 10.4. The Labute approximate surface area is 258 Å². The number of hydrogen-bond donors (Lipinski definition) is 2. The molecule has 7 rings (SSSR count). The number of nitrogens with one attached hydrogen (secondary N) is 2. The summed E-state index contributed by atoms with van der Waals surface area (Å²) in [6, 6.07) is 8.21. The smallest absolute Gasteiger partial charge is 0.248 e. The van der Waals surface area contributed by atoms with Crippen molar-refractivity contribution in [2.24, 2.45) is 5.41 Å². The van der Waals surface area contributed by atoms with Gasteiger partial charge in [-0.2, -0.15) is 10.3 Å². The van der Waals surface area contributed by atoms with Gasteiger partial charge in [0.2, 0.25) is 17.6 Å². The molecule has 5 heterocycles. The van der Waals surface area contributed by atoms with Gasteiger partial charge >= 0.3 is 0 Å². The standard InChI is InChI=1S/C29H26BrN11O3/c1-14(42)26-19-6-16(18-11-31-15(2)32-12-18)4-5-20(19)40(37-26)13-25(43)41-21(9-29(3)10-22(29)41)28(44)34-24-8-17(7-23(30)33-24)27-35-38-39-36-27/h4-8,11-12,21-22H,9-10,13H2,1-3H3,(H,33,34,44)(H,35,36,38,39)/t21-,22+,29-/m0/s1. The first-order valence-corrected chi connectivity index (χ1v) is 14.7. The first-order valence-electron chi connectivity index (χ1n) is 13.9. The van der Waals surface area contributed by atoms with Gasteiger partial charge in [0.05, 0.1) is 5.52 Å². The number of carbonyl (C=O) groups excluding carboxylic acids is 3. The maximum Gasteiger partial charge on any atom is 0.248 e. The lowest BCUT2D eigenvalue weighted by Gasteiger charge is -2.27. The summed E-state index contributed by atoms with van der Waals surface area (Å²) in [6.45, 7) is 5.23. The van der Waals surface area contributed by atoms with Crippen molar-refractivity contribution in [2.45, 2.75) is 52.2 Å². The number of piperidine rings is 1. The van der Waals surface area contributed by atoms with E-state index in [0.29, 0.717) is 45.0 Å². The first-order chi connectivity index (χ1) is 21.1. The number of likely N-dealkylation sites (tertiary alicyclic amines) is 1. The molecular formula is C29H26BrN11O3. The Morgan fingerprint density at radius 3 is 2.61 bits per heavy atom. The van der Waals surface area contributed by atoms with Crippen LogP contribution in [0, 0.1) is 12.3 Å². The van der Waals surface area contributed by atoms with Gasteiger partial charge in [-0.15, -0.1) is 10.2 Å². The molecule has 5 aromatic rings. The summed E-state index contributed by atoms with van der Waals surface area (Å²) in [7, 11) is 0. The Morgan fingerprint density at radius 1 is 1.09 bits per heavy atom. The van der Waals surface area contributed by atoms with Crippen LogP contribution in [0.2, 0.25) is 0 Å². The lowest BCUT2D eigenvalue weighted by Crippen LogP contribution is -2.46. The average molecular weight is 657 g/mol. The molecule has 44 heavy (non-hydrogen) atoms. The normalized spacial score (nSPS) is 20.5. The number of amides is 2. The number of benzene rings is 1. The molecular weight excluding hydrogens is 630 g/mol. The Morgan fingerprint density at radius 2 is 1.89 bits per heavy atom. The van der Waals surface area contributed by atoms with Crippen molar-refractivity contribution < 1.29 is 14.4 Å². The van der Waals surface area contributed by atoms with Gasteiger partial charge < -0.3 is 10.2 Å². The summed E-state index contributed by atoms with van der Waals surface area (Å²) in [6.07, 6.45) is 4.80. The van der Waals surface area contributed by atoms with Crippen LogP contribution in [0.3, 0.4) is 0 Å². The fourth-order valence-corrected chi connectivity index (χ4v) is 6.47. The molecule has 2 aliphatic rings. The van der Waals surface area contributed by atoms with Crippen LogP contribution < -0.4 is 5.32 Å². The van der Waals surface area contributed by atoms with Crippen molar-refractivity contribution in [3.05, 3.63) is 58.8 Å². The molecule has 0 spiro atoms. The summed E-state index contributed by atoms with van der Waals surface area (Å²) in [4.78, 5) is 54.7. The molecule has 1 saturated heterocycles. The molecule has 1 aliphatic carbocycles. The Hall–Kier alpha value is -4.92. The number of aromatic amines is 1. The van der Waals surface area contributed by atoms with Crippen molar-refractivity contribution >= 4 is 50.2 Å². The second-order valence-electron chi connectivity index (χ2n) is 11.5. The number of carbonyl (C=O) groups is 3. The van der Waals surface area contributed by atoms with Crippen molar-refractivity contribution in [1.29, 1.82) is 0 Å². The van der Waals surface area contributed by atoms with Gasteiger partial charge in [-0.25, -0.2) is 15.0 Å². The van der Waals surface area contributed by atoms with Crippen molar-refractivity contribution in [2.75, 3.05) is 5.32 Å². The minimum atomic E-state index is -0.692. The van der Waals surface area contributed by atoms with Crippen LogP contribution in [0.25, 0.3) is 33.4 Å². The molecule has 0 radical (unpaired) electrons. The zero-order valence-electron chi connectivity index (χ0n) is 23.9. The van der Waals surface area contributed by atoms with E-state index in [9.17, 15) is 14.4 Å². The largest absolute Gasteiger partial charge is 0.325 e. The van der Waals surface area contributed by atoms with Crippen molar-refractivity contribution in [3.8, 4) is 22.5 Å².